The molecule has 0 saturated carbocycles. The van der Waals surface area contributed by atoms with Crippen LogP contribution in [-0.4, -0.2) is 40.9 Å². The normalized spacial score (nSPS) is 11.1. The van der Waals surface area contributed by atoms with Crippen molar-refractivity contribution in [2.45, 2.75) is 40.0 Å². The summed E-state index contributed by atoms with van der Waals surface area (Å²) in [6.45, 7) is 7.78. The molecule has 0 saturated heterocycles. The summed E-state index contributed by atoms with van der Waals surface area (Å²) in [4.78, 5) is 4.66. The maximum absolute atomic E-state index is 5.18. The van der Waals surface area contributed by atoms with E-state index >= 15 is 0 Å². The molecule has 0 bridgehead atoms. The number of rotatable bonds is 9. The molecule has 0 spiro atoms. The molecule has 0 atom stereocenters. The second-order valence-corrected chi connectivity index (χ2v) is 5.67. The molecule has 0 amide bonds. The highest BCUT2D eigenvalue weighted by Gasteiger charge is 2.02. The number of aromatic nitrogens is 3. The summed E-state index contributed by atoms with van der Waals surface area (Å²) in [6.07, 6.45) is 2.65. The predicted octanol–water partition coefficient (Wildman–Crippen LogP) is 2.36. The highest BCUT2D eigenvalue weighted by Crippen LogP contribution is 2.07. The summed E-state index contributed by atoms with van der Waals surface area (Å²) >= 11 is 0. The molecule has 0 aliphatic heterocycles. The van der Waals surface area contributed by atoms with E-state index in [-0.39, 0.29) is 24.0 Å². The summed E-state index contributed by atoms with van der Waals surface area (Å²) in [5, 5.41) is 14.7. The molecule has 2 N–H and O–H groups in total. The predicted molar refractivity (Wildman–Crippen MR) is 115 cm³/mol. The lowest BCUT2D eigenvalue weighted by molar-refractivity contribution is 0.185. The molecule has 0 fully saturated rings. The molecule has 26 heavy (non-hydrogen) atoms. The van der Waals surface area contributed by atoms with E-state index in [1.165, 1.54) is 5.56 Å². The molecule has 0 radical (unpaired) electrons. The first-order chi connectivity index (χ1) is 12.3. The van der Waals surface area contributed by atoms with Crippen LogP contribution in [0, 0.1) is 0 Å². The Balaban J connectivity index is 0.00000338. The number of nitrogens with one attached hydrogen (secondary N) is 2. The van der Waals surface area contributed by atoms with Crippen LogP contribution in [0.25, 0.3) is 0 Å². The van der Waals surface area contributed by atoms with Crippen LogP contribution in [0.2, 0.25) is 0 Å². The Morgan fingerprint density at radius 2 is 2.04 bits per heavy atom. The van der Waals surface area contributed by atoms with Gasteiger partial charge in [-0.1, -0.05) is 31.2 Å². The number of aliphatic imine (C=N–C) groups is 1. The van der Waals surface area contributed by atoms with Crippen LogP contribution in [0.15, 0.2) is 35.6 Å². The standard InChI is InChI=1S/C18H28N6O.HI/c1-4-17-23-22-14-24(17)10-9-20-18(19-5-2)21-12-15-7-6-8-16(11-15)13-25-3;/h6-8,11,14H,4-5,9-10,12-13H2,1-3H3,(H2,19,20,21);1H. The van der Waals surface area contributed by atoms with E-state index in [1.807, 2.05) is 6.07 Å². The Morgan fingerprint density at radius 1 is 1.23 bits per heavy atom. The molecule has 0 aliphatic carbocycles. The van der Waals surface area contributed by atoms with Gasteiger partial charge >= 0.3 is 0 Å². The molecule has 1 aromatic carbocycles. The zero-order chi connectivity index (χ0) is 17.9. The third kappa shape index (κ3) is 7.28. The van der Waals surface area contributed by atoms with E-state index < -0.39 is 0 Å². The van der Waals surface area contributed by atoms with Crippen LogP contribution in [0.1, 0.15) is 30.8 Å². The minimum Gasteiger partial charge on any atom is -0.380 e. The Bertz CT molecular complexity index is 673. The lowest BCUT2D eigenvalue weighted by Crippen LogP contribution is -2.38. The fourth-order valence-electron chi connectivity index (χ4n) is 2.53. The summed E-state index contributed by atoms with van der Waals surface area (Å²) in [6, 6.07) is 8.31. The van der Waals surface area contributed by atoms with Crippen molar-refractivity contribution in [3.63, 3.8) is 0 Å². The van der Waals surface area contributed by atoms with Gasteiger partial charge in [0.15, 0.2) is 5.96 Å². The van der Waals surface area contributed by atoms with E-state index in [2.05, 4.69) is 62.4 Å². The van der Waals surface area contributed by atoms with Gasteiger partial charge < -0.3 is 19.9 Å². The monoisotopic (exact) mass is 472 g/mol. The van der Waals surface area contributed by atoms with Gasteiger partial charge in [-0.15, -0.1) is 34.2 Å². The van der Waals surface area contributed by atoms with Crippen molar-refractivity contribution in [3.8, 4) is 0 Å². The van der Waals surface area contributed by atoms with Crippen molar-refractivity contribution < 1.29 is 4.74 Å². The smallest absolute Gasteiger partial charge is 0.191 e. The fraction of sp³-hybridized carbons (Fsp3) is 0.500. The number of hydrogen-bond acceptors (Lipinski definition) is 4. The summed E-state index contributed by atoms with van der Waals surface area (Å²) in [5.74, 6) is 1.81. The first kappa shape index (κ1) is 22.4. The number of halogens is 1. The SMILES string of the molecule is CCNC(=NCc1cccc(COC)c1)NCCn1cnnc1CC.I. The van der Waals surface area contributed by atoms with Crippen LogP contribution in [0.3, 0.4) is 0 Å². The van der Waals surface area contributed by atoms with Gasteiger partial charge in [-0.2, -0.15) is 0 Å². The highest BCUT2D eigenvalue weighted by atomic mass is 127. The third-order valence-electron chi connectivity index (χ3n) is 3.72. The van der Waals surface area contributed by atoms with E-state index in [0.717, 1.165) is 43.4 Å². The topological polar surface area (TPSA) is 76.4 Å². The molecule has 2 aromatic rings. The van der Waals surface area contributed by atoms with E-state index in [9.17, 15) is 0 Å². The lowest BCUT2D eigenvalue weighted by atomic mass is 10.1. The summed E-state index contributed by atoms with van der Waals surface area (Å²) in [7, 11) is 1.71. The van der Waals surface area contributed by atoms with Crippen molar-refractivity contribution >= 4 is 29.9 Å². The largest absolute Gasteiger partial charge is 0.380 e. The minimum absolute atomic E-state index is 0. The number of nitrogens with zero attached hydrogens (tertiary/aromatic N) is 4. The maximum Gasteiger partial charge on any atom is 0.191 e. The minimum atomic E-state index is 0. The second-order valence-electron chi connectivity index (χ2n) is 5.67. The number of ether oxygens (including phenoxy) is 1. The number of benzene rings is 1. The molecule has 8 heteroatoms. The first-order valence-electron chi connectivity index (χ1n) is 8.72. The van der Waals surface area contributed by atoms with Crippen molar-refractivity contribution in [3.05, 3.63) is 47.5 Å². The van der Waals surface area contributed by atoms with E-state index in [4.69, 9.17) is 4.74 Å². The van der Waals surface area contributed by atoms with Gasteiger partial charge in [-0.3, -0.25) is 0 Å². The average molecular weight is 472 g/mol. The quantitative estimate of drug-likeness (QED) is 0.333. The summed E-state index contributed by atoms with van der Waals surface area (Å²) in [5.41, 5.74) is 2.33. The second kappa shape index (κ2) is 12.6. The number of methoxy groups -OCH3 is 1. The van der Waals surface area contributed by atoms with Gasteiger partial charge in [0.1, 0.15) is 12.2 Å². The van der Waals surface area contributed by atoms with Gasteiger partial charge in [0.25, 0.3) is 0 Å². The van der Waals surface area contributed by atoms with E-state index in [1.54, 1.807) is 13.4 Å². The van der Waals surface area contributed by atoms with Crippen molar-refractivity contribution in [2.24, 2.45) is 4.99 Å². The Labute approximate surface area is 172 Å². The fourth-order valence-corrected chi connectivity index (χ4v) is 2.53. The Morgan fingerprint density at radius 3 is 2.77 bits per heavy atom. The zero-order valence-corrected chi connectivity index (χ0v) is 18.1. The molecule has 1 aromatic heterocycles. The van der Waals surface area contributed by atoms with Crippen LogP contribution < -0.4 is 10.6 Å². The Hall–Kier alpha value is -1.68. The molecule has 2 rings (SSSR count). The molecular formula is C18H29IN6O. The van der Waals surface area contributed by atoms with Gasteiger partial charge in [0.05, 0.1) is 13.2 Å². The van der Waals surface area contributed by atoms with Crippen molar-refractivity contribution in [1.82, 2.24) is 25.4 Å². The third-order valence-corrected chi connectivity index (χ3v) is 3.72. The number of hydrogen-bond donors (Lipinski definition) is 2. The number of aryl methyl sites for hydroxylation is 1. The van der Waals surface area contributed by atoms with Gasteiger partial charge in [-0.05, 0) is 18.1 Å². The van der Waals surface area contributed by atoms with Gasteiger partial charge in [0.2, 0.25) is 0 Å². The zero-order valence-electron chi connectivity index (χ0n) is 15.7. The van der Waals surface area contributed by atoms with Gasteiger partial charge in [-0.25, -0.2) is 4.99 Å². The Kier molecular flexibility index (Phi) is 10.9. The molecule has 1 heterocycles. The molecule has 0 unspecified atom stereocenters. The first-order valence-corrected chi connectivity index (χ1v) is 8.72. The highest BCUT2D eigenvalue weighted by molar-refractivity contribution is 14.0. The molecule has 144 valence electrons. The van der Waals surface area contributed by atoms with Crippen molar-refractivity contribution in [2.75, 3.05) is 20.2 Å². The van der Waals surface area contributed by atoms with Crippen LogP contribution in [-0.2, 0) is 30.9 Å². The van der Waals surface area contributed by atoms with Crippen LogP contribution >= 0.6 is 24.0 Å². The van der Waals surface area contributed by atoms with Gasteiger partial charge in [0, 0.05) is 33.2 Å². The van der Waals surface area contributed by atoms with Crippen molar-refractivity contribution in [1.29, 1.82) is 0 Å². The maximum atomic E-state index is 5.18. The van der Waals surface area contributed by atoms with E-state index in [0.29, 0.717) is 13.2 Å². The molecule has 0 aliphatic rings. The lowest BCUT2D eigenvalue weighted by Gasteiger charge is -2.12. The molecular weight excluding hydrogens is 443 g/mol. The number of guanidine groups is 1. The average Bonchev–Trinajstić information content (AvgIpc) is 3.08. The van der Waals surface area contributed by atoms with Crippen LogP contribution in [0.5, 0.6) is 0 Å². The molecule has 7 nitrogen and oxygen atoms in total. The summed E-state index contributed by atoms with van der Waals surface area (Å²) < 4.78 is 7.24. The van der Waals surface area contributed by atoms with Crippen LogP contribution in [0.4, 0.5) is 0 Å².